The first-order valence-corrected chi connectivity index (χ1v) is 15.2. The number of aromatic nitrogens is 1. The van der Waals surface area contributed by atoms with Crippen LogP contribution in [0.25, 0.3) is 0 Å². The molecule has 2 saturated heterocycles. The van der Waals surface area contributed by atoms with Crippen molar-refractivity contribution in [2.75, 3.05) is 13.7 Å². The highest BCUT2D eigenvalue weighted by atomic mass is 16.5. The molecule has 2 aliphatic heterocycles. The molecule has 0 radical (unpaired) electrons. The van der Waals surface area contributed by atoms with Crippen molar-refractivity contribution in [1.82, 2.24) is 15.2 Å². The Morgan fingerprint density at radius 3 is 2.49 bits per heavy atom. The highest BCUT2D eigenvalue weighted by Crippen LogP contribution is 2.49. The van der Waals surface area contributed by atoms with Crippen molar-refractivity contribution in [2.24, 2.45) is 11.3 Å². The second-order valence-electron chi connectivity index (χ2n) is 12.9. The van der Waals surface area contributed by atoms with Gasteiger partial charge in [-0.15, -0.1) is 0 Å². The van der Waals surface area contributed by atoms with Crippen molar-refractivity contribution in [3.05, 3.63) is 58.8 Å². The summed E-state index contributed by atoms with van der Waals surface area (Å²) >= 11 is 0. The molecule has 5 rings (SSSR count). The minimum absolute atomic E-state index is 0.226. The second-order valence-corrected chi connectivity index (χ2v) is 12.9. The summed E-state index contributed by atoms with van der Waals surface area (Å²) in [5.74, 6) is -0.477. The standard InChI is InChI=1S/C33H45N3O5/c1-6-20-11-7-8-14-24(20)28-27(34-19-23-17-22(21-12-9-13-21)18-35-30(23)40-5)26(33(2,3)4)29(32(38)39)36(28)31(37)25-15-10-16-41-25/h7-8,11,14,17-18,21,25-29,34H,6,9-10,12-13,15-16,19H2,1-5H3,(H,38,39)/t25-,26-,27-,28-,29-/m0/s1. The number of hydrogen-bond acceptors (Lipinski definition) is 6. The Kier molecular flexibility index (Phi) is 8.71. The molecular formula is C33H45N3O5. The summed E-state index contributed by atoms with van der Waals surface area (Å²) in [5.41, 5.74) is 3.86. The molecule has 1 aromatic heterocycles. The number of nitrogens with zero attached hydrogens (tertiary/aromatic N) is 2. The van der Waals surface area contributed by atoms with Crippen molar-refractivity contribution in [3.8, 4) is 5.88 Å². The van der Waals surface area contributed by atoms with Crippen LogP contribution in [0.15, 0.2) is 36.5 Å². The number of likely N-dealkylation sites (tertiary alicyclic amines) is 1. The number of ether oxygens (including phenoxy) is 2. The second kappa shape index (κ2) is 12.1. The highest BCUT2D eigenvalue weighted by Gasteiger charge is 2.59. The van der Waals surface area contributed by atoms with Gasteiger partial charge in [0.05, 0.1) is 13.2 Å². The molecule has 2 N–H and O–H groups in total. The number of carboxylic acid groups (broad SMARTS) is 1. The van der Waals surface area contributed by atoms with E-state index in [2.05, 4.69) is 56.2 Å². The number of benzene rings is 1. The fourth-order valence-corrected chi connectivity index (χ4v) is 7.16. The molecule has 0 unspecified atom stereocenters. The van der Waals surface area contributed by atoms with Crippen molar-refractivity contribution in [2.45, 2.75) is 103 Å². The largest absolute Gasteiger partial charge is 0.481 e. The van der Waals surface area contributed by atoms with Gasteiger partial charge in [-0.2, -0.15) is 0 Å². The maximum atomic E-state index is 14.2. The highest BCUT2D eigenvalue weighted by molar-refractivity contribution is 5.88. The summed E-state index contributed by atoms with van der Waals surface area (Å²) < 4.78 is 11.5. The van der Waals surface area contributed by atoms with Crippen LogP contribution < -0.4 is 10.1 Å². The Bertz CT molecular complexity index is 1250. The Morgan fingerprint density at radius 1 is 1.15 bits per heavy atom. The van der Waals surface area contributed by atoms with Crippen LogP contribution >= 0.6 is 0 Å². The molecule has 1 saturated carbocycles. The molecule has 0 spiro atoms. The number of carbonyl (C=O) groups is 2. The number of hydrogen-bond donors (Lipinski definition) is 2. The molecule has 5 atom stereocenters. The molecule has 41 heavy (non-hydrogen) atoms. The van der Waals surface area contributed by atoms with Crippen LogP contribution in [0.3, 0.4) is 0 Å². The minimum Gasteiger partial charge on any atom is -0.481 e. The minimum atomic E-state index is -1.000. The number of methoxy groups -OCH3 is 1. The Labute approximate surface area is 243 Å². The Morgan fingerprint density at radius 2 is 1.90 bits per heavy atom. The lowest BCUT2D eigenvalue weighted by atomic mass is 9.72. The maximum absolute atomic E-state index is 14.2. The quantitative estimate of drug-likeness (QED) is 0.429. The predicted molar refractivity (Wildman–Crippen MR) is 157 cm³/mol. The third kappa shape index (κ3) is 5.73. The number of nitrogens with one attached hydrogen (secondary N) is 1. The number of carboxylic acids is 1. The molecule has 3 aliphatic rings. The van der Waals surface area contributed by atoms with Gasteiger partial charge in [0, 0.05) is 36.9 Å². The van der Waals surface area contributed by atoms with Gasteiger partial charge in [0.15, 0.2) is 0 Å². The number of aryl methyl sites for hydroxylation is 1. The van der Waals surface area contributed by atoms with E-state index in [0.29, 0.717) is 31.4 Å². The molecule has 2 aromatic rings. The number of pyridine rings is 1. The third-order valence-corrected chi connectivity index (χ3v) is 9.38. The summed E-state index contributed by atoms with van der Waals surface area (Å²) in [6, 6.07) is 8.50. The zero-order valence-corrected chi connectivity index (χ0v) is 25.1. The zero-order chi connectivity index (χ0) is 29.3. The van der Waals surface area contributed by atoms with Crippen LogP contribution in [0.4, 0.5) is 0 Å². The first-order chi connectivity index (χ1) is 19.7. The van der Waals surface area contributed by atoms with Crippen molar-refractivity contribution in [3.63, 3.8) is 0 Å². The molecule has 3 fully saturated rings. The van der Waals surface area contributed by atoms with E-state index in [1.165, 1.54) is 24.8 Å². The number of carbonyl (C=O) groups excluding carboxylic acids is 1. The molecule has 1 aromatic carbocycles. The van der Waals surface area contributed by atoms with E-state index in [1.54, 1.807) is 12.0 Å². The van der Waals surface area contributed by atoms with Gasteiger partial charge >= 0.3 is 5.97 Å². The number of rotatable bonds is 9. The molecular weight excluding hydrogens is 518 g/mol. The van der Waals surface area contributed by atoms with E-state index in [-0.39, 0.29) is 17.9 Å². The summed E-state index contributed by atoms with van der Waals surface area (Å²) in [5, 5.41) is 14.5. The van der Waals surface area contributed by atoms with Gasteiger partial charge in [0.1, 0.15) is 12.1 Å². The van der Waals surface area contributed by atoms with Gasteiger partial charge in [-0.3, -0.25) is 4.79 Å². The van der Waals surface area contributed by atoms with Crippen molar-refractivity contribution < 1.29 is 24.2 Å². The first kappa shape index (κ1) is 29.5. The maximum Gasteiger partial charge on any atom is 0.326 e. The van der Waals surface area contributed by atoms with Crippen LogP contribution in [0, 0.1) is 11.3 Å². The molecule has 3 heterocycles. The summed E-state index contributed by atoms with van der Waals surface area (Å²) in [4.78, 5) is 33.6. The number of amides is 1. The SMILES string of the molecule is CCc1ccccc1[C@H]1[C@@H](NCc2cc(C3CCC3)cnc2OC)[C@H](C(C)(C)C)[C@@H](C(=O)O)N1C(=O)[C@@H]1CCCO1. The summed E-state index contributed by atoms with van der Waals surface area (Å²) in [7, 11) is 1.63. The van der Waals surface area contributed by atoms with E-state index in [4.69, 9.17) is 9.47 Å². The molecule has 0 bridgehead atoms. The lowest BCUT2D eigenvalue weighted by molar-refractivity contribution is -0.156. The van der Waals surface area contributed by atoms with Gasteiger partial charge in [-0.1, -0.05) is 58.4 Å². The summed E-state index contributed by atoms with van der Waals surface area (Å²) in [6.07, 6.45) is 7.08. The van der Waals surface area contributed by atoms with Gasteiger partial charge in [-0.25, -0.2) is 9.78 Å². The van der Waals surface area contributed by atoms with Gasteiger partial charge in [-0.05, 0) is 66.2 Å². The average molecular weight is 564 g/mol. The van der Waals surface area contributed by atoms with E-state index in [1.807, 2.05) is 18.3 Å². The van der Waals surface area contributed by atoms with E-state index in [0.717, 1.165) is 29.5 Å². The van der Waals surface area contributed by atoms with Gasteiger partial charge < -0.3 is 24.8 Å². The predicted octanol–water partition coefficient (Wildman–Crippen LogP) is 5.26. The van der Waals surface area contributed by atoms with E-state index >= 15 is 0 Å². The smallest absolute Gasteiger partial charge is 0.326 e. The van der Waals surface area contributed by atoms with E-state index in [9.17, 15) is 14.7 Å². The van der Waals surface area contributed by atoms with Crippen LogP contribution in [0.5, 0.6) is 5.88 Å². The van der Waals surface area contributed by atoms with Gasteiger partial charge in [0.2, 0.25) is 5.88 Å². The normalized spacial score (nSPS) is 26.7. The zero-order valence-electron chi connectivity index (χ0n) is 25.1. The summed E-state index contributed by atoms with van der Waals surface area (Å²) in [6.45, 7) is 9.29. The fourth-order valence-electron chi connectivity index (χ4n) is 7.16. The van der Waals surface area contributed by atoms with Crippen LogP contribution in [0.1, 0.15) is 94.0 Å². The monoisotopic (exact) mass is 563 g/mol. The lowest BCUT2D eigenvalue weighted by Gasteiger charge is -2.35. The fraction of sp³-hybridized carbons (Fsp3) is 0.606. The third-order valence-electron chi connectivity index (χ3n) is 9.38. The topological polar surface area (TPSA) is 101 Å². The average Bonchev–Trinajstić information content (AvgIpc) is 3.57. The van der Waals surface area contributed by atoms with Crippen molar-refractivity contribution in [1.29, 1.82) is 0 Å². The molecule has 8 heteroatoms. The van der Waals surface area contributed by atoms with Crippen LogP contribution in [-0.4, -0.2) is 58.8 Å². The Hall–Kier alpha value is -2.97. The van der Waals surface area contributed by atoms with Crippen LogP contribution in [0.2, 0.25) is 0 Å². The first-order valence-electron chi connectivity index (χ1n) is 15.2. The molecule has 1 aliphatic carbocycles. The van der Waals surface area contributed by atoms with Crippen molar-refractivity contribution >= 4 is 11.9 Å². The Balaban J connectivity index is 1.60. The molecule has 8 nitrogen and oxygen atoms in total. The molecule has 1 amide bonds. The van der Waals surface area contributed by atoms with E-state index < -0.39 is 29.6 Å². The van der Waals surface area contributed by atoms with Gasteiger partial charge in [0.25, 0.3) is 5.91 Å². The lowest BCUT2D eigenvalue weighted by Crippen LogP contribution is -2.50. The van der Waals surface area contributed by atoms with Crippen LogP contribution in [-0.2, 0) is 27.3 Å². The molecule has 222 valence electrons. The number of aliphatic carboxylic acids is 1.